The number of aryl methyl sites for hydroxylation is 1. The van der Waals surface area contributed by atoms with E-state index in [-0.39, 0.29) is 0 Å². The number of benzene rings is 1. The lowest BCUT2D eigenvalue weighted by Gasteiger charge is -1.93. The highest BCUT2D eigenvalue weighted by Crippen LogP contribution is 2.19. The van der Waals surface area contributed by atoms with Crippen molar-refractivity contribution in [2.75, 3.05) is 0 Å². The third-order valence-corrected chi connectivity index (χ3v) is 2.09. The van der Waals surface area contributed by atoms with Gasteiger partial charge in [-0.1, -0.05) is 24.8 Å². The summed E-state index contributed by atoms with van der Waals surface area (Å²) in [5.41, 5.74) is 3.63. The molecule has 2 aromatic rings. The van der Waals surface area contributed by atoms with Crippen LogP contribution < -0.4 is 0 Å². The average molecular weight is 157 g/mol. The van der Waals surface area contributed by atoms with Crippen LogP contribution in [-0.2, 0) is 0 Å². The third-order valence-electron chi connectivity index (χ3n) is 2.09. The molecule has 1 nitrogen and oxygen atoms in total. The van der Waals surface area contributed by atoms with E-state index in [9.17, 15) is 0 Å². The van der Waals surface area contributed by atoms with Crippen LogP contribution in [0.5, 0.6) is 0 Å². The van der Waals surface area contributed by atoms with Gasteiger partial charge in [0, 0.05) is 17.1 Å². The van der Waals surface area contributed by atoms with Crippen LogP contribution in [-0.4, -0.2) is 4.98 Å². The fourth-order valence-corrected chi connectivity index (χ4v) is 1.43. The first-order chi connectivity index (χ1) is 5.81. The van der Waals surface area contributed by atoms with Crippen LogP contribution in [0.2, 0.25) is 0 Å². The average Bonchev–Trinajstić information content (AvgIpc) is 2.46. The van der Waals surface area contributed by atoms with Gasteiger partial charge in [-0.15, -0.1) is 0 Å². The van der Waals surface area contributed by atoms with E-state index in [1.807, 2.05) is 12.3 Å². The molecule has 60 valence electrons. The Hall–Kier alpha value is -1.50. The molecule has 0 radical (unpaired) electrons. The summed E-state index contributed by atoms with van der Waals surface area (Å²) in [4.78, 5) is 3.21. The van der Waals surface area contributed by atoms with Gasteiger partial charge in [0.1, 0.15) is 0 Å². The second-order valence-corrected chi connectivity index (χ2v) is 3.00. The molecule has 0 spiro atoms. The molecule has 0 aliphatic heterocycles. The van der Waals surface area contributed by atoms with E-state index in [0.29, 0.717) is 0 Å². The zero-order chi connectivity index (χ0) is 8.55. The van der Waals surface area contributed by atoms with Gasteiger partial charge in [0.25, 0.3) is 0 Å². The number of hydrogen-bond donors (Lipinski definition) is 1. The standard InChI is InChI=1S/C11H11N/c1-3-9-7-12-11-6-8(2)4-5-10(9)11/h3-7,12H,1H2,2H3. The minimum atomic E-state index is 1.17. The van der Waals surface area contributed by atoms with Gasteiger partial charge in [-0.3, -0.25) is 0 Å². The smallest absolute Gasteiger partial charge is 0.0462 e. The van der Waals surface area contributed by atoms with Crippen molar-refractivity contribution in [2.45, 2.75) is 6.92 Å². The molecule has 0 aliphatic carbocycles. The predicted molar refractivity (Wildman–Crippen MR) is 53.1 cm³/mol. The molecule has 0 fully saturated rings. The van der Waals surface area contributed by atoms with Crippen molar-refractivity contribution in [2.24, 2.45) is 0 Å². The second kappa shape index (κ2) is 2.52. The molecule has 0 saturated carbocycles. The van der Waals surface area contributed by atoms with Crippen molar-refractivity contribution >= 4 is 17.0 Å². The summed E-state index contributed by atoms with van der Waals surface area (Å²) in [7, 11) is 0. The predicted octanol–water partition coefficient (Wildman–Crippen LogP) is 3.12. The molecule has 0 bridgehead atoms. The maximum atomic E-state index is 3.76. The first-order valence-corrected chi connectivity index (χ1v) is 4.01. The van der Waals surface area contributed by atoms with Crippen LogP contribution in [0.15, 0.2) is 31.0 Å². The summed E-state index contributed by atoms with van der Waals surface area (Å²) >= 11 is 0. The molecule has 0 amide bonds. The van der Waals surface area contributed by atoms with Crippen molar-refractivity contribution in [3.05, 3.63) is 42.1 Å². The summed E-state index contributed by atoms with van der Waals surface area (Å²) in [5.74, 6) is 0. The van der Waals surface area contributed by atoms with E-state index < -0.39 is 0 Å². The Morgan fingerprint density at radius 3 is 3.00 bits per heavy atom. The van der Waals surface area contributed by atoms with Crippen LogP contribution in [0.1, 0.15) is 11.1 Å². The van der Waals surface area contributed by atoms with Gasteiger partial charge < -0.3 is 4.98 Å². The van der Waals surface area contributed by atoms with Crippen LogP contribution in [0.3, 0.4) is 0 Å². The highest BCUT2D eigenvalue weighted by Gasteiger charge is 1.98. The molecule has 1 N–H and O–H groups in total. The summed E-state index contributed by atoms with van der Waals surface area (Å²) < 4.78 is 0. The van der Waals surface area contributed by atoms with Gasteiger partial charge in [0.15, 0.2) is 0 Å². The maximum absolute atomic E-state index is 3.76. The Morgan fingerprint density at radius 1 is 1.42 bits per heavy atom. The molecule has 0 aliphatic rings. The lowest BCUT2D eigenvalue weighted by molar-refractivity contribution is 1.44. The van der Waals surface area contributed by atoms with Gasteiger partial charge >= 0.3 is 0 Å². The van der Waals surface area contributed by atoms with Crippen molar-refractivity contribution in [3.8, 4) is 0 Å². The molecular formula is C11H11N. The molecule has 0 atom stereocenters. The van der Waals surface area contributed by atoms with E-state index in [1.54, 1.807) is 0 Å². The minimum Gasteiger partial charge on any atom is -0.361 e. The number of H-pyrrole nitrogens is 1. The first kappa shape index (κ1) is 7.17. The normalized spacial score (nSPS) is 10.4. The Kier molecular flexibility index (Phi) is 1.51. The molecule has 0 unspecified atom stereocenters. The largest absolute Gasteiger partial charge is 0.361 e. The summed E-state index contributed by atoms with van der Waals surface area (Å²) in [6, 6.07) is 6.38. The van der Waals surface area contributed by atoms with Crippen molar-refractivity contribution < 1.29 is 0 Å². The molecule has 1 heterocycles. The SMILES string of the molecule is C=Cc1c[nH]c2cc(C)ccc12. The maximum Gasteiger partial charge on any atom is 0.0462 e. The number of aromatic nitrogens is 1. The summed E-state index contributed by atoms with van der Waals surface area (Å²) in [6.45, 7) is 5.85. The molecular weight excluding hydrogens is 146 g/mol. The highest BCUT2D eigenvalue weighted by atomic mass is 14.7. The van der Waals surface area contributed by atoms with Crippen LogP contribution in [0.4, 0.5) is 0 Å². The minimum absolute atomic E-state index is 1.17. The summed E-state index contributed by atoms with van der Waals surface area (Å²) in [6.07, 6.45) is 3.85. The zero-order valence-corrected chi connectivity index (χ0v) is 7.09. The number of aromatic amines is 1. The number of fused-ring (bicyclic) bond motifs is 1. The Bertz CT molecular complexity index is 423. The number of nitrogens with one attached hydrogen (secondary N) is 1. The Labute approximate surface area is 71.7 Å². The zero-order valence-electron chi connectivity index (χ0n) is 7.09. The topological polar surface area (TPSA) is 15.8 Å². The molecule has 2 rings (SSSR count). The van der Waals surface area contributed by atoms with Gasteiger partial charge in [-0.2, -0.15) is 0 Å². The summed E-state index contributed by atoms with van der Waals surface area (Å²) in [5, 5.41) is 1.25. The van der Waals surface area contributed by atoms with E-state index in [4.69, 9.17) is 0 Å². The van der Waals surface area contributed by atoms with Crippen LogP contribution in [0, 0.1) is 6.92 Å². The number of rotatable bonds is 1. The third kappa shape index (κ3) is 0.944. The Balaban J connectivity index is 2.81. The van der Waals surface area contributed by atoms with Crippen LogP contribution >= 0.6 is 0 Å². The van der Waals surface area contributed by atoms with Crippen LogP contribution in [0.25, 0.3) is 17.0 Å². The van der Waals surface area contributed by atoms with Gasteiger partial charge in [-0.05, 0) is 24.1 Å². The molecule has 1 aromatic heterocycles. The fraction of sp³-hybridized carbons (Fsp3) is 0.0909. The quantitative estimate of drug-likeness (QED) is 0.654. The van der Waals surface area contributed by atoms with Gasteiger partial charge in [0.05, 0.1) is 0 Å². The first-order valence-electron chi connectivity index (χ1n) is 4.01. The molecule has 1 aromatic carbocycles. The highest BCUT2D eigenvalue weighted by molar-refractivity contribution is 5.88. The van der Waals surface area contributed by atoms with Crippen molar-refractivity contribution in [3.63, 3.8) is 0 Å². The lowest BCUT2D eigenvalue weighted by atomic mass is 10.1. The molecule has 0 saturated heterocycles. The van der Waals surface area contributed by atoms with Gasteiger partial charge in [0.2, 0.25) is 0 Å². The number of hydrogen-bond acceptors (Lipinski definition) is 0. The lowest BCUT2D eigenvalue weighted by Crippen LogP contribution is -1.72. The Morgan fingerprint density at radius 2 is 2.25 bits per heavy atom. The molecule has 12 heavy (non-hydrogen) atoms. The van der Waals surface area contributed by atoms with E-state index in [1.165, 1.54) is 22.0 Å². The monoisotopic (exact) mass is 157 g/mol. The van der Waals surface area contributed by atoms with E-state index >= 15 is 0 Å². The molecule has 1 heteroatoms. The van der Waals surface area contributed by atoms with E-state index in [2.05, 4.69) is 36.7 Å². The van der Waals surface area contributed by atoms with Gasteiger partial charge in [-0.25, -0.2) is 0 Å². The van der Waals surface area contributed by atoms with E-state index in [0.717, 1.165) is 0 Å². The second-order valence-electron chi connectivity index (χ2n) is 3.00. The van der Waals surface area contributed by atoms with Crippen molar-refractivity contribution in [1.29, 1.82) is 0 Å². The fourth-order valence-electron chi connectivity index (χ4n) is 1.43. The van der Waals surface area contributed by atoms with Crippen molar-refractivity contribution in [1.82, 2.24) is 4.98 Å².